The van der Waals surface area contributed by atoms with Gasteiger partial charge in [-0.15, -0.1) is 0 Å². The molecule has 4 aromatic carbocycles. The van der Waals surface area contributed by atoms with Crippen LogP contribution in [0.1, 0.15) is 27.7 Å². The maximum Gasteiger partial charge on any atom is 0.131 e. The molecule has 3 heteroatoms. The summed E-state index contributed by atoms with van der Waals surface area (Å²) in [6.07, 6.45) is 0. The van der Waals surface area contributed by atoms with Crippen LogP contribution in [0, 0.1) is 0 Å². The highest BCUT2D eigenvalue weighted by Gasteiger charge is 2.37. The number of nitrogens with zero attached hydrogens (tertiary/aromatic N) is 1. The van der Waals surface area contributed by atoms with Gasteiger partial charge in [0.1, 0.15) is 11.4 Å². The van der Waals surface area contributed by atoms with E-state index in [1.807, 2.05) is 44.2 Å². The molecule has 1 N–H and O–H groups in total. The molecule has 158 valence electrons. The van der Waals surface area contributed by atoms with Gasteiger partial charge >= 0.3 is 0 Å². The lowest BCUT2D eigenvalue weighted by Gasteiger charge is -2.37. The van der Waals surface area contributed by atoms with Gasteiger partial charge < -0.3 is 14.7 Å². The zero-order valence-electron chi connectivity index (χ0n) is 18.5. The first kappa shape index (κ1) is 21.0. The van der Waals surface area contributed by atoms with E-state index in [9.17, 15) is 5.11 Å². The molecule has 0 amide bonds. The fourth-order valence-electron chi connectivity index (χ4n) is 3.42. The zero-order chi connectivity index (χ0) is 22.1. The van der Waals surface area contributed by atoms with Gasteiger partial charge in [-0.25, -0.2) is 0 Å². The quantitative estimate of drug-likeness (QED) is 0.363. The Labute approximate surface area is 184 Å². The van der Waals surface area contributed by atoms with Gasteiger partial charge in [0, 0.05) is 17.1 Å². The minimum Gasteiger partial charge on any atom is -0.485 e. The summed E-state index contributed by atoms with van der Waals surface area (Å²) in [7, 11) is 0. The number of anilines is 3. The molecule has 0 heterocycles. The van der Waals surface area contributed by atoms with E-state index in [-0.39, 0.29) is 0 Å². The highest BCUT2D eigenvalue weighted by atomic mass is 16.5. The van der Waals surface area contributed by atoms with E-state index < -0.39 is 11.2 Å². The van der Waals surface area contributed by atoms with Crippen molar-refractivity contribution in [2.45, 2.75) is 38.9 Å². The van der Waals surface area contributed by atoms with E-state index in [4.69, 9.17) is 4.74 Å². The summed E-state index contributed by atoms with van der Waals surface area (Å²) in [5, 5.41) is 12.8. The summed E-state index contributed by atoms with van der Waals surface area (Å²) in [5.41, 5.74) is 1.53. The number of hydrogen-bond acceptors (Lipinski definition) is 3. The molecule has 0 bridgehead atoms. The predicted octanol–water partition coefficient (Wildman–Crippen LogP) is 7.24. The Bertz CT molecular complexity index is 1160. The highest BCUT2D eigenvalue weighted by molar-refractivity contribution is 5.89. The molecule has 0 saturated heterocycles. The molecule has 0 saturated carbocycles. The first-order valence-corrected chi connectivity index (χ1v) is 10.6. The van der Waals surface area contributed by atoms with Crippen LogP contribution in [0.15, 0.2) is 97.1 Å². The molecule has 3 nitrogen and oxygen atoms in total. The largest absolute Gasteiger partial charge is 0.485 e. The monoisotopic (exact) mass is 411 g/mol. The Morgan fingerprint density at radius 1 is 0.613 bits per heavy atom. The minimum absolute atomic E-state index is 0.716. The number of ether oxygens (including phenoxy) is 1. The molecule has 0 atom stereocenters. The van der Waals surface area contributed by atoms with Crippen molar-refractivity contribution in [2.75, 3.05) is 4.90 Å². The number of fused-ring (bicyclic) bond motifs is 1. The van der Waals surface area contributed by atoms with Crippen molar-refractivity contribution in [3.8, 4) is 5.75 Å². The van der Waals surface area contributed by atoms with Gasteiger partial charge in [-0.1, -0.05) is 48.5 Å². The number of rotatable bonds is 6. The molecule has 0 unspecified atom stereocenters. The molecule has 0 aliphatic rings. The van der Waals surface area contributed by atoms with E-state index in [1.165, 1.54) is 10.8 Å². The van der Waals surface area contributed by atoms with E-state index in [1.54, 1.807) is 13.8 Å². The number of hydrogen-bond donors (Lipinski definition) is 1. The Kier molecular flexibility index (Phi) is 5.47. The molecule has 0 spiro atoms. The van der Waals surface area contributed by atoms with Crippen molar-refractivity contribution in [3.05, 3.63) is 97.1 Å². The van der Waals surface area contributed by atoms with Crippen LogP contribution in [0.5, 0.6) is 5.75 Å². The SMILES string of the molecule is CC(C)(O)C(C)(C)Oc1ccc(N(c2ccccc2)c2ccc3ccccc3c2)cc1. The summed E-state index contributed by atoms with van der Waals surface area (Å²) in [4.78, 5) is 2.23. The highest BCUT2D eigenvalue weighted by Crippen LogP contribution is 2.37. The lowest BCUT2D eigenvalue weighted by Crippen LogP contribution is -2.49. The Morgan fingerprint density at radius 3 is 1.81 bits per heavy atom. The van der Waals surface area contributed by atoms with E-state index in [0.29, 0.717) is 0 Å². The summed E-state index contributed by atoms with van der Waals surface area (Å²) in [6, 6.07) is 33.3. The number of para-hydroxylation sites is 1. The first-order valence-electron chi connectivity index (χ1n) is 10.6. The molecule has 0 aliphatic heterocycles. The van der Waals surface area contributed by atoms with Crippen molar-refractivity contribution >= 4 is 27.8 Å². The van der Waals surface area contributed by atoms with Crippen LogP contribution in [0.25, 0.3) is 10.8 Å². The van der Waals surface area contributed by atoms with Gasteiger partial charge in [0.25, 0.3) is 0 Å². The second kappa shape index (κ2) is 8.09. The third-order valence-corrected chi connectivity index (χ3v) is 5.95. The molecular formula is C28H29NO2. The maximum atomic E-state index is 10.4. The van der Waals surface area contributed by atoms with Gasteiger partial charge in [-0.2, -0.15) is 0 Å². The molecular weight excluding hydrogens is 382 g/mol. The Hall–Kier alpha value is -3.30. The van der Waals surface area contributed by atoms with Gasteiger partial charge in [0.05, 0.1) is 5.60 Å². The number of benzene rings is 4. The summed E-state index contributed by atoms with van der Waals surface area (Å²) in [5.74, 6) is 0.724. The molecule has 31 heavy (non-hydrogen) atoms. The smallest absolute Gasteiger partial charge is 0.131 e. The van der Waals surface area contributed by atoms with E-state index in [2.05, 4.69) is 71.6 Å². The molecule has 4 rings (SSSR count). The fraction of sp³-hybridized carbons (Fsp3) is 0.214. The average molecular weight is 412 g/mol. The van der Waals surface area contributed by atoms with Crippen LogP contribution in [0.3, 0.4) is 0 Å². The van der Waals surface area contributed by atoms with E-state index >= 15 is 0 Å². The van der Waals surface area contributed by atoms with Gasteiger partial charge in [0.15, 0.2) is 0 Å². The van der Waals surface area contributed by atoms with Crippen LogP contribution >= 0.6 is 0 Å². The summed E-state index contributed by atoms with van der Waals surface area (Å²) < 4.78 is 6.10. The van der Waals surface area contributed by atoms with Crippen molar-refractivity contribution in [1.29, 1.82) is 0 Å². The van der Waals surface area contributed by atoms with Crippen LogP contribution < -0.4 is 9.64 Å². The molecule has 4 aromatic rings. The predicted molar refractivity (Wildman–Crippen MR) is 130 cm³/mol. The first-order chi connectivity index (χ1) is 14.7. The standard InChI is InChI=1S/C28H29NO2/c1-27(2,30)28(3,4)31-26-18-16-24(17-19-26)29(23-12-6-5-7-13-23)25-15-14-21-10-8-9-11-22(21)20-25/h5-20,30H,1-4H3. The van der Waals surface area contributed by atoms with Crippen LogP contribution in [-0.4, -0.2) is 16.3 Å². The second-order valence-corrected chi connectivity index (χ2v) is 8.87. The Morgan fingerprint density at radius 2 is 1.16 bits per heavy atom. The molecule has 0 fully saturated rings. The third kappa shape index (κ3) is 4.42. The van der Waals surface area contributed by atoms with Crippen LogP contribution in [0.4, 0.5) is 17.1 Å². The molecule has 0 aliphatic carbocycles. The van der Waals surface area contributed by atoms with Crippen LogP contribution in [-0.2, 0) is 0 Å². The number of aliphatic hydroxyl groups is 1. The van der Waals surface area contributed by atoms with E-state index in [0.717, 1.165) is 22.8 Å². The lowest BCUT2D eigenvalue weighted by atomic mass is 9.89. The Balaban J connectivity index is 1.72. The fourth-order valence-corrected chi connectivity index (χ4v) is 3.42. The topological polar surface area (TPSA) is 32.7 Å². The maximum absolute atomic E-state index is 10.4. The second-order valence-electron chi connectivity index (χ2n) is 8.87. The van der Waals surface area contributed by atoms with Crippen molar-refractivity contribution in [1.82, 2.24) is 0 Å². The summed E-state index contributed by atoms with van der Waals surface area (Å²) in [6.45, 7) is 7.31. The summed E-state index contributed by atoms with van der Waals surface area (Å²) >= 11 is 0. The van der Waals surface area contributed by atoms with Gasteiger partial charge in [0.2, 0.25) is 0 Å². The van der Waals surface area contributed by atoms with Gasteiger partial charge in [-0.05, 0) is 87.0 Å². The van der Waals surface area contributed by atoms with Crippen molar-refractivity contribution in [2.24, 2.45) is 0 Å². The normalized spacial score (nSPS) is 12.0. The lowest BCUT2D eigenvalue weighted by molar-refractivity contribution is -0.0906. The van der Waals surface area contributed by atoms with Gasteiger partial charge in [-0.3, -0.25) is 0 Å². The van der Waals surface area contributed by atoms with Crippen molar-refractivity contribution in [3.63, 3.8) is 0 Å². The minimum atomic E-state index is -0.965. The zero-order valence-corrected chi connectivity index (χ0v) is 18.5. The average Bonchev–Trinajstić information content (AvgIpc) is 2.75. The van der Waals surface area contributed by atoms with Crippen LogP contribution in [0.2, 0.25) is 0 Å². The third-order valence-electron chi connectivity index (χ3n) is 5.95. The molecule has 0 radical (unpaired) electrons. The van der Waals surface area contributed by atoms with Crippen molar-refractivity contribution < 1.29 is 9.84 Å². The molecule has 0 aromatic heterocycles.